The first-order valence-electron chi connectivity index (χ1n) is 15.1. The molecule has 3 heterocycles. The Morgan fingerprint density at radius 1 is 0.435 bits per heavy atom. The van der Waals surface area contributed by atoms with Gasteiger partial charge < -0.3 is 4.42 Å². The summed E-state index contributed by atoms with van der Waals surface area (Å²) >= 11 is 1.71. The minimum Gasteiger partial charge on any atom is -0.456 e. The van der Waals surface area contributed by atoms with E-state index in [1.807, 2.05) is 97.1 Å². The van der Waals surface area contributed by atoms with E-state index in [1.54, 1.807) is 11.3 Å². The number of rotatable bonds is 5. The molecule has 0 radical (unpaired) electrons. The van der Waals surface area contributed by atoms with Crippen molar-refractivity contribution < 1.29 is 4.42 Å². The molecule has 0 atom stereocenters. The summed E-state index contributed by atoms with van der Waals surface area (Å²) in [6, 6.07) is 49.3. The Bertz CT molecular complexity index is 2470. The normalized spacial score (nSPS) is 11.5. The van der Waals surface area contributed by atoms with Gasteiger partial charge in [-0.25, -0.2) is 19.9 Å². The van der Waals surface area contributed by atoms with Gasteiger partial charge in [0, 0.05) is 33.0 Å². The Morgan fingerprint density at radius 3 is 1.72 bits per heavy atom. The first-order chi connectivity index (χ1) is 22.8. The fraction of sp³-hybridized carbons (Fsp3) is 0. The van der Waals surface area contributed by atoms with E-state index in [0.717, 1.165) is 70.5 Å². The number of aromatic nitrogens is 4. The van der Waals surface area contributed by atoms with Crippen LogP contribution in [-0.4, -0.2) is 19.9 Å². The van der Waals surface area contributed by atoms with Crippen molar-refractivity contribution in [3.63, 3.8) is 0 Å². The van der Waals surface area contributed by atoms with Crippen molar-refractivity contribution in [3.05, 3.63) is 146 Å². The Labute approximate surface area is 268 Å². The third-order valence-corrected chi connectivity index (χ3v) is 9.24. The number of hydrogen-bond donors (Lipinski definition) is 0. The highest BCUT2D eigenvalue weighted by atomic mass is 32.1. The van der Waals surface area contributed by atoms with E-state index in [4.69, 9.17) is 24.4 Å². The fourth-order valence-corrected chi connectivity index (χ4v) is 6.95. The molecule has 0 amide bonds. The molecule has 9 aromatic rings. The molecule has 0 N–H and O–H groups in total. The molecular formula is C40H24N4OS. The highest BCUT2D eigenvalue weighted by molar-refractivity contribution is 7.21. The van der Waals surface area contributed by atoms with E-state index in [2.05, 4.69) is 48.5 Å². The zero-order valence-corrected chi connectivity index (χ0v) is 25.3. The number of furan rings is 1. The van der Waals surface area contributed by atoms with Crippen LogP contribution in [0.4, 0.5) is 0 Å². The molecule has 46 heavy (non-hydrogen) atoms. The van der Waals surface area contributed by atoms with Crippen LogP contribution in [0.15, 0.2) is 150 Å². The Balaban J connectivity index is 1.20. The van der Waals surface area contributed by atoms with Gasteiger partial charge in [0.05, 0.1) is 10.2 Å². The molecular weight excluding hydrogens is 585 g/mol. The summed E-state index contributed by atoms with van der Waals surface area (Å²) in [5, 5.41) is 3.10. The second-order valence-corrected chi connectivity index (χ2v) is 12.1. The van der Waals surface area contributed by atoms with Crippen LogP contribution in [0.2, 0.25) is 0 Å². The number of fused-ring (bicyclic) bond motifs is 4. The summed E-state index contributed by atoms with van der Waals surface area (Å²) < 4.78 is 7.53. The predicted molar refractivity (Wildman–Crippen MR) is 187 cm³/mol. The van der Waals surface area contributed by atoms with E-state index < -0.39 is 0 Å². The molecule has 0 aliphatic carbocycles. The van der Waals surface area contributed by atoms with Crippen molar-refractivity contribution >= 4 is 43.5 Å². The smallest absolute Gasteiger partial charge is 0.164 e. The topological polar surface area (TPSA) is 64.7 Å². The Morgan fingerprint density at radius 2 is 1.04 bits per heavy atom. The van der Waals surface area contributed by atoms with Crippen molar-refractivity contribution in [2.45, 2.75) is 0 Å². The summed E-state index contributed by atoms with van der Waals surface area (Å²) in [6.45, 7) is 0. The summed E-state index contributed by atoms with van der Waals surface area (Å²) in [4.78, 5) is 19.7. The quantitative estimate of drug-likeness (QED) is 0.194. The number of hydrogen-bond acceptors (Lipinski definition) is 6. The highest BCUT2D eigenvalue weighted by Crippen LogP contribution is 2.40. The van der Waals surface area contributed by atoms with Gasteiger partial charge in [-0.15, -0.1) is 11.3 Å². The van der Waals surface area contributed by atoms with E-state index in [1.165, 1.54) is 0 Å². The molecule has 0 aliphatic heterocycles. The standard InChI is InChI=1S/C40H24N4OS/c1-4-11-25(12-5-1)37-42-38(26-13-6-2-7-14-26)44-39(43-37)29-20-22-33-31(23-29)36-30(17-10-18-34(36)45-33)28-19-21-32-35(24-28)46-40(41-32)27-15-8-3-9-16-27/h1-24H. The summed E-state index contributed by atoms with van der Waals surface area (Å²) in [6.07, 6.45) is 0. The first kappa shape index (κ1) is 26.4. The van der Waals surface area contributed by atoms with Gasteiger partial charge in [-0.2, -0.15) is 0 Å². The van der Waals surface area contributed by atoms with Crippen molar-refractivity contribution in [2.24, 2.45) is 0 Å². The van der Waals surface area contributed by atoms with Gasteiger partial charge in [0.15, 0.2) is 17.5 Å². The average molecular weight is 609 g/mol. The minimum absolute atomic E-state index is 0.612. The van der Waals surface area contributed by atoms with Gasteiger partial charge in [-0.3, -0.25) is 0 Å². The van der Waals surface area contributed by atoms with Crippen LogP contribution in [0.1, 0.15) is 0 Å². The maximum Gasteiger partial charge on any atom is 0.164 e. The third-order valence-electron chi connectivity index (χ3n) is 8.17. The van der Waals surface area contributed by atoms with E-state index in [-0.39, 0.29) is 0 Å². The van der Waals surface area contributed by atoms with Crippen molar-refractivity contribution in [3.8, 4) is 55.9 Å². The fourth-order valence-electron chi connectivity index (χ4n) is 5.94. The molecule has 0 spiro atoms. The monoisotopic (exact) mass is 608 g/mol. The van der Waals surface area contributed by atoms with Crippen LogP contribution < -0.4 is 0 Å². The Kier molecular flexibility index (Phi) is 6.25. The van der Waals surface area contributed by atoms with Crippen molar-refractivity contribution in [1.82, 2.24) is 19.9 Å². The molecule has 216 valence electrons. The summed E-state index contributed by atoms with van der Waals surface area (Å²) in [5.74, 6) is 1.88. The SMILES string of the molecule is c1ccc(-c2nc(-c3ccccc3)nc(-c3ccc4oc5cccc(-c6ccc7nc(-c8ccccc8)sc7c6)c5c4c3)n2)cc1. The molecule has 0 fully saturated rings. The molecule has 6 heteroatoms. The molecule has 6 aromatic carbocycles. The molecule has 0 saturated heterocycles. The number of benzene rings is 6. The molecule has 0 aliphatic rings. The van der Waals surface area contributed by atoms with E-state index >= 15 is 0 Å². The van der Waals surface area contributed by atoms with Gasteiger partial charge in [-0.1, -0.05) is 109 Å². The van der Waals surface area contributed by atoms with Crippen LogP contribution in [0, 0.1) is 0 Å². The van der Waals surface area contributed by atoms with Gasteiger partial charge in [0.25, 0.3) is 0 Å². The minimum atomic E-state index is 0.612. The van der Waals surface area contributed by atoms with Crippen LogP contribution in [0.3, 0.4) is 0 Å². The molecule has 3 aromatic heterocycles. The highest BCUT2D eigenvalue weighted by Gasteiger charge is 2.17. The second-order valence-electron chi connectivity index (χ2n) is 11.1. The number of nitrogens with zero attached hydrogens (tertiary/aromatic N) is 4. The first-order valence-corrected chi connectivity index (χ1v) is 15.9. The van der Waals surface area contributed by atoms with Crippen molar-refractivity contribution in [1.29, 1.82) is 0 Å². The molecule has 5 nitrogen and oxygen atoms in total. The maximum absolute atomic E-state index is 6.38. The summed E-state index contributed by atoms with van der Waals surface area (Å²) in [5.41, 5.74) is 8.78. The van der Waals surface area contributed by atoms with Crippen LogP contribution >= 0.6 is 11.3 Å². The largest absolute Gasteiger partial charge is 0.456 e. The van der Waals surface area contributed by atoms with Crippen LogP contribution in [-0.2, 0) is 0 Å². The molecule has 0 unspecified atom stereocenters. The third kappa shape index (κ3) is 4.64. The molecule has 9 rings (SSSR count). The van der Waals surface area contributed by atoms with Gasteiger partial charge in [0.2, 0.25) is 0 Å². The predicted octanol–water partition coefficient (Wildman–Crippen LogP) is 10.7. The van der Waals surface area contributed by atoms with Gasteiger partial charge in [-0.05, 0) is 47.5 Å². The van der Waals surface area contributed by atoms with Crippen LogP contribution in [0.25, 0.3) is 88.0 Å². The Hall–Kier alpha value is -5.98. The lowest BCUT2D eigenvalue weighted by Crippen LogP contribution is -2.00. The van der Waals surface area contributed by atoms with Crippen LogP contribution in [0.5, 0.6) is 0 Å². The molecule has 0 bridgehead atoms. The summed E-state index contributed by atoms with van der Waals surface area (Å²) in [7, 11) is 0. The van der Waals surface area contributed by atoms with Crippen molar-refractivity contribution in [2.75, 3.05) is 0 Å². The lowest BCUT2D eigenvalue weighted by Gasteiger charge is -2.08. The lowest BCUT2D eigenvalue weighted by molar-refractivity contribution is 0.669. The van der Waals surface area contributed by atoms with E-state index in [9.17, 15) is 0 Å². The lowest BCUT2D eigenvalue weighted by atomic mass is 9.98. The zero-order chi connectivity index (χ0) is 30.5. The average Bonchev–Trinajstić information content (AvgIpc) is 3.74. The van der Waals surface area contributed by atoms with Gasteiger partial charge in [0.1, 0.15) is 16.2 Å². The van der Waals surface area contributed by atoms with E-state index in [0.29, 0.717) is 17.5 Å². The van der Waals surface area contributed by atoms with Gasteiger partial charge >= 0.3 is 0 Å². The second kappa shape index (κ2) is 10.9. The number of thiazole rings is 1. The molecule has 0 saturated carbocycles. The maximum atomic E-state index is 6.38. The zero-order valence-electron chi connectivity index (χ0n) is 24.5.